The van der Waals surface area contributed by atoms with Crippen LogP contribution in [0.5, 0.6) is 11.5 Å². The summed E-state index contributed by atoms with van der Waals surface area (Å²) in [5.41, 5.74) is 0.956. The summed E-state index contributed by atoms with van der Waals surface area (Å²) in [7, 11) is -1.18. The molecule has 0 heterocycles. The lowest BCUT2D eigenvalue weighted by Gasteiger charge is -2.32. The van der Waals surface area contributed by atoms with E-state index in [1.807, 2.05) is 13.8 Å². The lowest BCUT2D eigenvalue weighted by atomic mass is 10.1. The Morgan fingerprint density at radius 1 is 0.927 bits per heavy atom. The minimum absolute atomic E-state index is 0.0321. The third-order valence-corrected chi connectivity index (χ3v) is 8.73. The number of sulfonamides is 1. The Kier molecular flexibility index (Phi) is 11.0. The number of hydrogen-bond donors (Lipinski definition) is 1. The zero-order chi connectivity index (χ0) is 30.2. The molecule has 2 atom stereocenters. The van der Waals surface area contributed by atoms with Crippen LogP contribution in [0.25, 0.3) is 0 Å². The maximum Gasteiger partial charge on any atom is 0.264 e. The average Bonchev–Trinajstić information content (AvgIpc) is 2.98. The molecular weight excluding hydrogens is 566 g/mol. The van der Waals surface area contributed by atoms with Gasteiger partial charge in [-0.05, 0) is 80.4 Å². The third-order valence-electron chi connectivity index (χ3n) is 6.70. The van der Waals surface area contributed by atoms with Gasteiger partial charge < -0.3 is 19.7 Å². The van der Waals surface area contributed by atoms with Crippen molar-refractivity contribution in [1.29, 1.82) is 0 Å². The molecule has 0 saturated heterocycles. The molecule has 3 rings (SSSR count). The van der Waals surface area contributed by atoms with Gasteiger partial charge in [0.1, 0.15) is 24.1 Å². The second-order valence-corrected chi connectivity index (χ2v) is 11.8. The number of hydrogen-bond acceptors (Lipinski definition) is 6. The van der Waals surface area contributed by atoms with E-state index in [1.54, 1.807) is 56.5 Å². The molecule has 11 heteroatoms. The van der Waals surface area contributed by atoms with Crippen LogP contribution in [0.2, 0.25) is 5.02 Å². The van der Waals surface area contributed by atoms with Gasteiger partial charge in [-0.25, -0.2) is 8.42 Å². The summed E-state index contributed by atoms with van der Waals surface area (Å²) in [6, 6.07) is 18.3. The van der Waals surface area contributed by atoms with E-state index in [1.165, 1.54) is 42.3 Å². The van der Waals surface area contributed by atoms with Crippen molar-refractivity contribution < 1.29 is 27.5 Å². The molecule has 0 spiro atoms. The number of benzene rings is 3. The fourth-order valence-corrected chi connectivity index (χ4v) is 5.60. The maximum absolute atomic E-state index is 14.0. The van der Waals surface area contributed by atoms with Crippen LogP contribution < -0.4 is 19.1 Å². The molecule has 3 aromatic carbocycles. The van der Waals surface area contributed by atoms with E-state index in [-0.39, 0.29) is 29.1 Å². The van der Waals surface area contributed by atoms with Crippen molar-refractivity contribution in [3.8, 4) is 11.5 Å². The second kappa shape index (κ2) is 14.2. The molecule has 9 nitrogen and oxygen atoms in total. The summed E-state index contributed by atoms with van der Waals surface area (Å²) in [5.74, 6) is 0.228. The van der Waals surface area contributed by atoms with Gasteiger partial charge in [0.25, 0.3) is 10.0 Å². The number of nitrogens with zero attached hydrogens (tertiary/aromatic N) is 2. The van der Waals surface area contributed by atoms with Gasteiger partial charge in [-0.1, -0.05) is 36.7 Å². The number of anilines is 1. The van der Waals surface area contributed by atoms with E-state index in [2.05, 4.69) is 5.32 Å². The monoisotopic (exact) mass is 601 g/mol. The molecule has 0 radical (unpaired) electrons. The van der Waals surface area contributed by atoms with Crippen LogP contribution in [-0.2, 0) is 26.2 Å². The highest BCUT2D eigenvalue weighted by molar-refractivity contribution is 7.92. The maximum atomic E-state index is 14.0. The standard InChI is InChI=1S/C30H36ClN3O6S/c1-6-21(2)32-30(36)22(3)33(19-23-10-12-26(39-4)13-11-23)29(35)20-34(25-9-7-8-24(31)18-25)41(37,38)28-16-14-27(40-5)15-17-28/h7-18,21-22H,6,19-20H2,1-5H3,(H,32,36)/t21-,22-/m1/s1. The van der Waals surface area contributed by atoms with Gasteiger partial charge in [0.05, 0.1) is 24.8 Å². The molecule has 0 aliphatic heterocycles. The molecule has 0 fully saturated rings. The Hall–Kier alpha value is -3.76. The van der Waals surface area contributed by atoms with Crippen LogP contribution in [0, 0.1) is 0 Å². The zero-order valence-electron chi connectivity index (χ0n) is 23.8. The van der Waals surface area contributed by atoms with E-state index >= 15 is 0 Å². The van der Waals surface area contributed by atoms with Crippen molar-refractivity contribution in [1.82, 2.24) is 10.2 Å². The van der Waals surface area contributed by atoms with Gasteiger partial charge in [0.2, 0.25) is 11.8 Å². The SMILES string of the molecule is CC[C@@H](C)NC(=O)[C@@H](C)N(Cc1ccc(OC)cc1)C(=O)CN(c1cccc(Cl)c1)S(=O)(=O)c1ccc(OC)cc1. The first kappa shape index (κ1) is 31.8. The van der Waals surface area contributed by atoms with Crippen LogP contribution in [0.3, 0.4) is 0 Å². The smallest absolute Gasteiger partial charge is 0.264 e. The van der Waals surface area contributed by atoms with Gasteiger partial charge in [-0.3, -0.25) is 13.9 Å². The highest BCUT2D eigenvalue weighted by atomic mass is 35.5. The normalized spacial score (nSPS) is 12.6. The molecule has 0 saturated carbocycles. The third kappa shape index (κ3) is 8.14. The van der Waals surface area contributed by atoms with Crippen molar-refractivity contribution in [2.75, 3.05) is 25.1 Å². The number of carbonyl (C=O) groups is 2. The van der Waals surface area contributed by atoms with Gasteiger partial charge >= 0.3 is 0 Å². The average molecular weight is 602 g/mol. The summed E-state index contributed by atoms with van der Waals surface area (Å²) in [5, 5.41) is 3.22. The predicted molar refractivity (Wildman–Crippen MR) is 160 cm³/mol. The Morgan fingerprint density at radius 2 is 1.51 bits per heavy atom. The number of carbonyl (C=O) groups excluding carboxylic acids is 2. The quantitative estimate of drug-likeness (QED) is 0.299. The minimum Gasteiger partial charge on any atom is -0.497 e. The van der Waals surface area contributed by atoms with E-state index < -0.39 is 28.5 Å². The largest absolute Gasteiger partial charge is 0.497 e. The Bertz CT molecular complexity index is 1430. The second-order valence-electron chi connectivity index (χ2n) is 9.53. The number of nitrogens with one attached hydrogen (secondary N) is 1. The van der Waals surface area contributed by atoms with Gasteiger partial charge in [0, 0.05) is 17.6 Å². The highest BCUT2D eigenvalue weighted by Gasteiger charge is 2.33. The number of halogens is 1. The van der Waals surface area contributed by atoms with Crippen LogP contribution >= 0.6 is 11.6 Å². The number of methoxy groups -OCH3 is 2. The lowest BCUT2D eigenvalue weighted by Crippen LogP contribution is -2.52. The predicted octanol–water partition coefficient (Wildman–Crippen LogP) is 4.88. The first-order valence-electron chi connectivity index (χ1n) is 13.1. The van der Waals surface area contributed by atoms with Gasteiger partial charge in [-0.2, -0.15) is 0 Å². The van der Waals surface area contributed by atoms with Crippen molar-refractivity contribution in [3.05, 3.63) is 83.4 Å². The summed E-state index contributed by atoms with van der Waals surface area (Å²) in [4.78, 5) is 28.5. The lowest BCUT2D eigenvalue weighted by molar-refractivity contribution is -0.139. The topological polar surface area (TPSA) is 105 Å². The molecule has 0 aliphatic carbocycles. The summed E-state index contributed by atoms with van der Waals surface area (Å²) >= 11 is 6.21. The van der Waals surface area contributed by atoms with Crippen molar-refractivity contribution in [3.63, 3.8) is 0 Å². The van der Waals surface area contributed by atoms with Gasteiger partial charge in [-0.15, -0.1) is 0 Å². The van der Waals surface area contributed by atoms with Crippen LogP contribution in [0.1, 0.15) is 32.8 Å². The summed E-state index contributed by atoms with van der Waals surface area (Å²) in [6.07, 6.45) is 0.716. The fraction of sp³-hybridized carbons (Fsp3) is 0.333. The molecule has 0 aliphatic rings. The van der Waals surface area contributed by atoms with Crippen molar-refractivity contribution in [2.45, 2.75) is 50.7 Å². The van der Waals surface area contributed by atoms with Gasteiger partial charge in [0.15, 0.2) is 0 Å². The van der Waals surface area contributed by atoms with Crippen LogP contribution in [0.15, 0.2) is 77.7 Å². The van der Waals surface area contributed by atoms with Crippen molar-refractivity contribution >= 4 is 39.1 Å². The number of rotatable bonds is 13. The highest BCUT2D eigenvalue weighted by Crippen LogP contribution is 2.28. The van der Waals surface area contributed by atoms with Crippen molar-refractivity contribution in [2.24, 2.45) is 0 Å². The first-order valence-corrected chi connectivity index (χ1v) is 15.0. The molecule has 3 aromatic rings. The molecule has 2 amide bonds. The Balaban J connectivity index is 2.02. The number of ether oxygens (including phenoxy) is 2. The molecule has 0 aromatic heterocycles. The summed E-state index contributed by atoms with van der Waals surface area (Å²) in [6.45, 7) is 4.96. The Morgan fingerprint density at radius 3 is 2.05 bits per heavy atom. The molecule has 0 bridgehead atoms. The molecular formula is C30H36ClN3O6S. The molecule has 1 N–H and O–H groups in total. The molecule has 41 heavy (non-hydrogen) atoms. The fourth-order valence-electron chi connectivity index (χ4n) is 4.01. The number of amides is 2. The van der Waals surface area contributed by atoms with E-state index in [4.69, 9.17) is 21.1 Å². The minimum atomic E-state index is -4.22. The summed E-state index contributed by atoms with van der Waals surface area (Å²) < 4.78 is 39.2. The molecule has 220 valence electrons. The van der Waals surface area contributed by atoms with E-state index in [9.17, 15) is 18.0 Å². The van der Waals surface area contributed by atoms with Crippen LogP contribution in [0.4, 0.5) is 5.69 Å². The Labute approximate surface area is 247 Å². The van der Waals surface area contributed by atoms with E-state index in [0.717, 1.165) is 9.87 Å². The van der Waals surface area contributed by atoms with Crippen LogP contribution in [-0.4, -0.2) is 58.0 Å². The molecule has 0 unspecified atom stereocenters. The van der Waals surface area contributed by atoms with E-state index in [0.29, 0.717) is 22.9 Å². The zero-order valence-corrected chi connectivity index (χ0v) is 25.4. The first-order chi connectivity index (χ1) is 19.5.